The quantitative estimate of drug-likeness (QED) is 0.788. The Hall–Kier alpha value is -1.35. The average Bonchev–Trinajstić information content (AvgIpc) is 2.71. The number of carboxylic acids is 1. The third-order valence-corrected chi connectivity index (χ3v) is 4.32. The van der Waals surface area contributed by atoms with Crippen LogP contribution in [-0.2, 0) is 9.59 Å². The molecule has 2 N–H and O–H groups in total. The molecular formula is C13H19F3N2O4. The molecule has 0 bridgehead atoms. The van der Waals surface area contributed by atoms with Crippen LogP contribution in [0.2, 0.25) is 0 Å². The number of carbonyl (C=O) groups is 2. The van der Waals surface area contributed by atoms with Gasteiger partial charge < -0.3 is 15.1 Å². The van der Waals surface area contributed by atoms with Crippen molar-refractivity contribution >= 4 is 11.9 Å². The molecule has 6 nitrogen and oxygen atoms in total. The molecule has 0 saturated carbocycles. The first-order chi connectivity index (χ1) is 10.1. The summed E-state index contributed by atoms with van der Waals surface area (Å²) in [5.74, 6) is -1.62. The van der Waals surface area contributed by atoms with E-state index in [1.165, 1.54) is 9.80 Å². The van der Waals surface area contributed by atoms with Gasteiger partial charge in [0, 0.05) is 19.6 Å². The molecule has 0 spiro atoms. The van der Waals surface area contributed by atoms with Gasteiger partial charge in [-0.05, 0) is 25.7 Å². The molecule has 0 aliphatic carbocycles. The zero-order valence-electron chi connectivity index (χ0n) is 12.0. The van der Waals surface area contributed by atoms with Gasteiger partial charge in [0.2, 0.25) is 5.91 Å². The van der Waals surface area contributed by atoms with Crippen LogP contribution in [0.25, 0.3) is 0 Å². The normalized spacial score (nSPS) is 31.4. The fourth-order valence-corrected chi connectivity index (χ4v) is 3.06. The van der Waals surface area contributed by atoms with E-state index in [4.69, 9.17) is 5.11 Å². The predicted molar refractivity (Wildman–Crippen MR) is 69.0 cm³/mol. The number of aliphatic hydroxyl groups is 1. The number of carbonyl (C=O) groups excluding carboxylic acids is 1. The number of amides is 1. The number of hydrogen-bond donors (Lipinski definition) is 2. The Bertz CT molecular complexity index is 457. The van der Waals surface area contributed by atoms with Gasteiger partial charge >= 0.3 is 12.1 Å². The molecule has 22 heavy (non-hydrogen) atoms. The summed E-state index contributed by atoms with van der Waals surface area (Å²) in [4.78, 5) is 25.7. The van der Waals surface area contributed by atoms with Gasteiger partial charge in [-0.1, -0.05) is 0 Å². The molecule has 2 saturated heterocycles. The Balaban J connectivity index is 2.11. The maximum absolute atomic E-state index is 12.9. The summed E-state index contributed by atoms with van der Waals surface area (Å²) in [5.41, 5.74) is -2.79. The number of aliphatic carboxylic acids is 1. The van der Waals surface area contributed by atoms with Gasteiger partial charge in [-0.3, -0.25) is 14.5 Å². The lowest BCUT2D eigenvalue weighted by Gasteiger charge is -2.31. The fraction of sp³-hybridized carbons (Fsp3) is 0.846. The zero-order valence-corrected chi connectivity index (χ0v) is 12.0. The predicted octanol–water partition coefficient (Wildman–Crippen LogP) is 0.451. The van der Waals surface area contributed by atoms with Crippen molar-refractivity contribution in [2.75, 3.05) is 26.2 Å². The van der Waals surface area contributed by atoms with Crippen molar-refractivity contribution in [3.8, 4) is 0 Å². The maximum atomic E-state index is 12.9. The van der Waals surface area contributed by atoms with Gasteiger partial charge in [-0.2, -0.15) is 13.2 Å². The minimum Gasteiger partial charge on any atom is -0.480 e. The molecule has 2 aliphatic rings. The van der Waals surface area contributed by atoms with Crippen LogP contribution in [0.15, 0.2) is 0 Å². The van der Waals surface area contributed by atoms with E-state index in [-0.39, 0.29) is 6.54 Å². The molecule has 0 aromatic carbocycles. The highest BCUT2D eigenvalue weighted by atomic mass is 19.4. The molecule has 1 amide bonds. The fourth-order valence-electron chi connectivity index (χ4n) is 3.06. The maximum Gasteiger partial charge on any atom is 0.418 e. The number of carboxylic acid groups (broad SMARTS) is 1. The van der Waals surface area contributed by atoms with Crippen LogP contribution in [0, 0.1) is 0 Å². The third kappa shape index (κ3) is 3.35. The molecule has 2 heterocycles. The van der Waals surface area contributed by atoms with Gasteiger partial charge in [0.1, 0.15) is 6.54 Å². The largest absolute Gasteiger partial charge is 0.480 e. The zero-order chi connectivity index (χ0) is 16.5. The summed E-state index contributed by atoms with van der Waals surface area (Å²) in [6.45, 7) is -0.840. The van der Waals surface area contributed by atoms with Crippen LogP contribution in [0.4, 0.5) is 13.2 Å². The van der Waals surface area contributed by atoms with Crippen LogP contribution < -0.4 is 0 Å². The van der Waals surface area contributed by atoms with Crippen LogP contribution in [0.1, 0.15) is 25.7 Å². The summed E-state index contributed by atoms with van der Waals surface area (Å²) >= 11 is 0. The standard InChI is InChI=1S/C13H19F3N2O4/c14-13(15,16)12(22)4-6-18(8-12)9-3-1-2-5-17(11(9)21)7-10(19)20/h9,22H,1-8H2,(H,19,20). The van der Waals surface area contributed by atoms with Crippen molar-refractivity contribution in [2.45, 2.75) is 43.5 Å². The topological polar surface area (TPSA) is 81.1 Å². The van der Waals surface area contributed by atoms with Crippen molar-refractivity contribution in [1.29, 1.82) is 0 Å². The summed E-state index contributed by atoms with van der Waals surface area (Å²) < 4.78 is 38.6. The molecule has 2 fully saturated rings. The minimum absolute atomic E-state index is 0.0344. The highest BCUT2D eigenvalue weighted by Gasteiger charge is 2.58. The van der Waals surface area contributed by atoms with Crippen LogP contribution in [-0.4, -0.2) is 75.9 Å². The number of hydrogen-bond acceptors (Lipinski definition) is 4. The van der Waals surface area contributed by atoms with Gasteiger partial charge in [-0.15, -0.1) is 0 Å². The first-order valence-corrected chi connectivity index (χ1v) is 7.18. The summed E-state index contributed by atoms with van der Waals surface area (Å²) in [5, 5.41) is 18.5. The number of rotatable bonds is 3. The molecule has 2 atom stereocenters. The number of likely N-dealkylation sites (tertiary alicyclic amines) is 2. The average molecular weight is 324 g/mol. The number of nitrogens with zero attached hydrogens (tertiary/aromatic N) is 2. The number of alkyl halides is 3. The van der Waals surface area contributed by atoms with Gasteiger partial charge in [0.15, 0.2) is 5.60 Å². The summed E-state index contributed by atoms with van der Waals surface area (Å²) in [6, 6.07) is -0.793. The number of β-amino-alcohol motifs (C(OH)–C–C–N with tert-alkyl or cyclic N) is 1. The second kappa shape index (κ2) is 6.04. The first kappa shape index (κ1) is 17.0. The van der Waals surface area contributed by atoms with Crippen molar-refractivity contribution in [3.63, 3.8) is 0 Å². The first-order valence-electron chi connectivity index (χ1n) is 7.18. The third-order valence-electron chi connectivity index (χ3n) is 4.32. The smallest absolute Gasteiger partial charge is 0.418 e. The van der Waals surface area contributed by atoms with E-state index in [0.717, 1.165) is 0 Å². The Morgan fingerprint density at radius 2 is 2.00 bits per heavy atom. The Morgan fingerprint density at radius 3 is 2.55 bits per heavy atom. The van der Waals surface area contributed by atoms with Crippen molar-refractivity contribution in [1.82, 2.24) is 9.80 Å². The van der Waals surface area contributed by atoms with E-state index in [9.17, 15) is 27.9 Å². The molecule has 2 unspecified atom stereocenters. The molecule has 2 aliphatic heterocycles. The van der Waals surface area contributed by atoms with Gasteiger partial charge in [-0.25, -0.2) is 0 Å². The minimum atomic E-state index is -4.74. The Labute approximate surface area is 125 Å². The SMILES string of the molecule is O=C(O)CN1CCCCC(N2CCC(O)(C(F)(F)F)C2)C1=O. The van der Waals surface area contributed by atoms with E-state index >= 15 is 0 Å². The van der Waals surface area contributed by atoms with E-state index in [1.807, 2.05) is 0 Å². The molecule has 0 aromatic heterocycles. The van der Waals surface area contributed by atoms with E-state index in [0.29, 0.717) is 25.8 Å². The lowest BCUT2D eigenvalue weighted by Crippen LogP contribution is -2.52. The van der Waals surface area contributed by atoms with E-state index in [1.54, 1.807) is 0 Å². The molecule has 2 rings (SSSR count). The molecule has 126 valence electrons. The van der Waals surface area contributed by atoms with E-state index in [2.05, 4.69) is 0 Å². The second-order valence-corrected chi connectivity index (χ2v) is 5.91. The van der Waals surface area contributed by atoms with Crippen LogP contribution >= 0.6 is 0 Å². The Morgan fingerprint density at radius 1 is 1.32 bits per heavy atom. The van der Waals surface area contributed by atoms with Crippen molar-refractivity contribution in [3.05, 3.63) is 0 Å². The Kier molecular flexibility index (Phi) is 4.67. The van der Waals surface area contributed by atoms with E-state index < -0.39 is 49.2 Å². The highest BCUT2D eigenvalue weighted by molar-refractivity contribution is 5.85. The monoisotopic (exact) mass is 324 g/mol. The highest BCUT2D eigenvalue weighted by Crippen LogP contribution is 2.39. The number of halogens is 3. The van der Waals surface area contributed by atoms with Gasteiger partial charge in [0.05, 0.1) is 6.04 Å². The lowest BCUT2D eigenvalue weighted by atomic mass is 10.0. The second-order valence-electron chi connectivity index (χ2n) is 5.91. The summed E-state index contributed by atoms with van der Waals surface area (Å²) in [6.07, 6.45) is -3.58. The van der Waals surface area contributed by atoms with Crippen LogP contribution in [0.3, 0.4) is 0 Å². The summed E-state index contributed by atoms with van der Waals surface area (Å²) in [7, 11) is 0. The molecular weight excluding hydrogens is 305 g/mol. The molecule has 0 radical (unpaired) electrons. The van der Waals surface area contributed by atoms with Crippen LogP contribution in [0.5, 0.6) is 0 Å². The van der Waals surface area contributed by atoms with Crippen molar-refractivity contribution in [2.24, 2.45) is 0 Å². The van der Waals surface area contributed by atoms with Crippen molar-refractivity contribution < 1.29 is 33.0 Å². The molecule has 9 heteroatoms. The van der Waals surface area contributed by atoms with Gasteiger partial charge in [0.25, 0.3) is 0 Å². The lowest BCUT2D eigenvalue weighted by molar-refractivity contribution is -0.254. The molecule has 0 aromatic rings.